The molecule has 0 bridgehead atoms. The molecule has 2 rings (SSSR count). The first-order chi connectivity index (χ1) is 8.97. The second kappa shape index (κ2) is 5.19. The number of aromatic hydroxyl groups is 1. The minimum absolute atomic E-state index is 0.0825. The van der Waals surface area contributed by atoms with E-state index in [1.54, 1.807) is 17.5 Å². The number of anilines is 1. The summed E-state index contributed by atoms with van der Waals surface area (Å²) >= 11 is 1.16. The number of phenols is 1. The van der Waals surface area contributed by atoms with Crippen LogP contribution in [0.1, 0.15) is 33.3 Å². The van der Waals surface area contributed by atoms with Crippen molar-refractivity contribution >= 4 is 28.2 Å². The molecular weight excluding hydrogens is 264 g/mol. The van der Waals surface area contributed by atoms with E-state index in [4.69, 9.17) is 0 Å². The summed E-state index contributed by atoms with van der Waals surface area (Å²) in [7, 11) is 0. The van der Waals surface area contributed by atoms with E-state index in [1.165, 1.54) is 13.0 Å². The van der Waals surface area contributed by atoms with Crippen molar-refractivity contribution in [3.05, 3.63) is 40.4 Å². The Bertz CT molecular complexity index is 649. The van der Waals surface area contributed by atoms with Gasteiger partial charge in [0.1, 0.15) is 11.4 Å². The van der Waals surface area contributed by atoms with Crippen molar-refractivity contribution < 1.29 is 14.7 Å². The number of hydrogen-bond donors (Lipinski definition) is 2. The molecule has 1 aromatic carbocycles. The highest BCUT2D eigenvalue weighted by atomic mass is 32.1. The summed E-state index contributed by atoms with van der Waals surface area (Å²) in [6, 6.07) is 4.79. The van der Waals surface area contributed by atoms with E-state index < -0.39 is 5.91 Å². The fraction of sp³-hybridized carbons (Fsp3) is 0.154. The van der Waals surface area contributed by atoms with E-state index in [-0.39, 0.29) is 17.1 Å². The largest absolute Gasteiger partial charge is 0.507 e. The van der Waals surface area contributed by atoms with Crippen LogP contribution in [0.4, 0.5) is 5.13 Å². The molecule has 0 unspecified atom stereocenters. The zero-order chi connectivity index (χ0) is 14.0. The molecule has 0 saturated carbocycles. The van der Waals surface area contributed by atoms with Gasteiger partial charge in [-0.3, -0.25) is 14.9 Å². The topological polar surface area (TPSA) is 79.3 Å². The summed E-state index contributed by atoms with van der Waals surface area (Å²) in [6.45, 7) is 3.23. The number of benzene rings is 1. The van der Waals surface area contributed by atoms with Gasteiger partial charge >= 0.3 is 0 Å². The van der Waals surface area contributed by atoms with Crippen LogP contribution in [0.5, 0.6) is 5.75 Å². The minimum atomic E-state index is -0.457. The molecule has 2 N–H and O–H groups in total. The molecule has 0 aliphatic carbocycles. The zero-order valence-corrected chi connectivity index (χ0v) is 11.2. The number of carbonyl (C=O) groups is 2. The van der Waals surface area contributed by atoms with Crippen molar-refractivity contribution in [2.45, 2.75) is 13.8 Å². The fourth-order valence-corrected chi connectivity index (χ4v) is 2.24. The number of nitrogens with one attached hydrogen (secondary N) is 1. The number of ketones is 1. The Morgan fingerprint density at radius 3 is 2.68 bits per heavy atom. The van der Waals surface area contributed by atoms with Crippen molar-refractivity contribution in [3.63, 3.8) is 0 Å². The highest BCUT2D eigenvalue weighted by molar-refractivity contribution is 7.14. The highest BCUT2D eigenvalue weighted by Gasteiger charge is 2.14. The molecule has 0 aliphatic rings. The summed E-state index contributed by atoms with van der Waals surface area (Å²) in [5, 5.41) is 14.2. The summed E-state index contributed by atoms with van der Waals surface area (Å²) in [6.07, 6.45) is 0. The highest BCUT2D eigenvalue weighted by Crippen LogP contribution is 2.21. The quantitative estimate of drug-likeness (QED) is 0.844. The van der Waals surface area contributed by atoms with Crippen LogP contribution in [-0.4, -0.2) is 21.8 Å². The number of Topliss-reactive ketones (excluding diaryl/α,β-unsaturated/α-hetero) is 1. The van der Waals surface area contributed by atoms with Crippen LogP contribution >= 0.6 is 11.3 Å². The number of aromatic nitrogens is 1. The monoisotopic (exact) mass is 276 g/mol. The maximum atomic E-state index is 11.9. The number of phenolic OH excluding ortho intramolecular Hbond substituents is 1. The molecule has 2 aromatic rings. The van der Waals surface area contributed by atoms with Crippen molar-refractivity contribution in [1.82, 2.24) is 4.98 Å². The number of carbonyl (C=O) groups excluding carboxylic acids is 2. The van der Waals surface area contributed by atoms with Crippen LogP contribution in [0.25, 0.3) is 0 Å². The first kappa shape index (κ1) is 13.2. The molecule has 1 aromatic heterocycles. The smallest absolute Gasteiger partial charge is 0.261 e. The van der Waals surface area contributed by atoms with Gasteiger partial charge in [-0.1, -0.05) is 6.07 Å². The van der Waals surface area contributed by atoms with Gasteiger partial charge in [-0.05, 0) is 24.6 Å². The Hall–Kier alpha value is -2.21. The maximum absolute atomic E-state index is 11.9. The van der Waals surface area contributed by atoms with Crippen LogP contribution in [-0.2, 0) is 0 Å². The predicted molar refractivity (Wildman–Crippen MR) is 72.9 cm³/mol. The van der Waals surface area contributed by atoms with Crippen LogP contribution in [0.2, 0.25) is 0 Å². The number of rotatable bonds is 3. The lowest BCUT2D eigenvalue weighted by atomic mass is 10.1. The van der Waals surface area contributed by atoms with Crippen LogP contribution in [0.15, 0.2) is 23.6 Å². The van der Waals surface area contributed by atoms with E-state index >= 15 is 0 Å². The molecule has 0 radical (unpaired) electrons. The molecule has 0 aliphatic heterocycles. The fourth-order valence-electron chi connectivity index (χ4n) is 1.49. The average molecular weight is 276 g/mol. The van der Waals surface area contributed by atoms with Gasteiger partial charge in [0.2, 0.25) is 0 Å². The van der Waals surface area contributed by atoms with Gasteiger partial charge in [0.25, 0.3) is 5.91 Å². The third-order valence-corrected chi connectivity index (χ3v) is 3.24. The Morgan fingerprint density at radius 1 is 1.37 bits per heavy atom. The Morgan fingerprint density at radius 2 is 2.11 bits per heavy atom. The number of aryl methyl sites for hydroxylation is 1. The molecule has 5 nitrogen and oxygen atoms in total. The minimum Gasteiger partial charge on any atom is -0.507 e. The lowest BCUT2D eigenvalue weighted by molar-refractivity contribution is 0.100. The van der Waals surface area contributed by atoms with Gasteiger partial charge in [0.05, 0.1) is 5.56 Å². The molecule has 6 heteroatoms. The molecule has 0 saturated heterocycles. The molecule has 0 fully saturated rings. The summed E-state index contributed by atoms with van der Waals surface area (Å²) in [5.41, 5.74) is 1.35. The van der Waals surface area contributed by atoms with Crippen LogP contribution in [0.3, 0.4) is 0 Å². The van der Waals surface area contributed by atoms with Gasteiger partial charge in [0, 0.05) is 12.3 Å². The average Bonchev–Trinajstić information content (AvgIpc) is 2.77. The van der Waals surface area contributed by atoms with Crippen molar-refractivity contribution in [1.29, 1.82) is 0 Å². The Labute approximate surface area is 113 Å². The first-order valence-corrected chi connectivity index (χ1v) is 6.43. The number of hydrogen-bond acceptors (Lipinski definition) is 5. The SMILES string of the molecule is CC(=O)c1csc(NC(=O)c2ccc(C)cc2O)n1. The predicted octanol–water partition coefficient (Wildman–Crippen LogP) is 2.61. The van der Waals surface area contributed by atoms with E-state index in [1.807, 2.05) is 6.92 Å². The number of thiazole rings is 1. The molecule has 98 valence electrons. The second-order valence-electron chi connectivity index (χ2n) is 4.07. The Kier molecular flexibility index (Phi) is 3.62. The van der Waals surface area contributed by atoms with Crippen LogP contribution < -0.4 is 5.32 Å². The third kappa shape index (κ3) is 2.97. The van der Waals surface area contributed by atoms with E-state index in [9.17, 15) is 14.7 Å². The van der Waals surface area contributed by atoms with E-state index in [2.05, 4.69) is 10.3 Å². The zero-order valence-electron chi connectivity index (χ0n) is 10.4. The van der Waals surface area contributed by atoms with Gasteiger partial charge in [-0.15, -0.1) is 11.3 Å². The first-order valence-electron chi connectivity index (χ1n) is 5.55. The molecule has 1 amide bonds. The van der Waals surface area contributed by atoms with Crippen LogP contribution in [0, 0.1) is 6.92 Å². The van der Waals surface area contributed by atoms with Gasteiger partial charge < -0.3 is 5.11 Å². The molecule has 0 spiro atoms. The van der Waals surface area contributed by atoms with Crippen molar-refractivity contribution in [3.8, 4) is 5.75 Å². The van der Waals surface area contributed by atoms with E-state index in [0.29, 0.717) is 10.8 Å². The number of amides is 1. The Balaban J connectivity index is 2.18. The molecular formula is C13H12N2O3S. The van der Waals surface area contributed by atoms with Gasteiger partial charge in [-0.2, -0.15) is 0 Å². The maximum Gasteiger partial charge on any atom is 0.261 e. The third-order valence-electron chi connectivity index (χ3n) is 2.48. The lowest BCUT2D eigenvalue weighted by Gasteiger charge is -2.04. The second-order valence-corrected chi connectivity index (χ2v) is 4.93. The van der Waals surface area contributed by atoms with E-state index in [0.717, 1.165) is 16.9 Å². The normalized spacial score (nSPS) is 10.2. The molecule has 0 atom stereocenters. The molecule has 19 heavy (non-hydrogen) atoms. The van der Waals surface area contributed by atoms with Gasteiger partial charge in [-0.25, -0.2) is 4.98 Å². The van der Waals surface area contributed by atoms with Gasteiger partial charge in [0.15, 0.2) is 10.9 Å². The van der Waals surface area contributed by atoms with Crippen molar-refractivity contribution in [2.24, 2.45) is 0 Å². The standard InChI is InChI=1S/C13H12N2O3S/c1-7-3-4-9(11(17)5-7)12(18)15-13-14-10(6-19-13)8(2)16/h3-6,17H,1-2H3,(H,14,15,18). The summed E-state index contributed by atoms with van der Waals surface area (Å²) in [5.74, 6) is -0.697. The lowest BCUT2D eigenvalue weighted by Crippen LogP contribution is -2.12. The molecule has 1 heterocycles. The summed E-state index contributed by atoms with van der Waals surface area (Å²) < 4.78 is 0. The number of nitrogens with zero attached hydrogens (tertiary/aromatic N) is 1. The summed E-state index contributed by atoms with van der Waals surface area (Å²) in [4.78, 5) is 27.0. The van der Waals surface area contributed by atoms with Crippen molar-refractivity contribution in [2.75, 3.05) is 5.32 Å².